The van der Waals surface area contributed by atoms with Crippen LogP contribution in [0.15, 0.2) is 0 Å². The standard InChI is InChI=1S/C17H35NO2S/c1-6-12-18-16(17(2,3)4)11-10-14-8-7-9-15(13-14)21(5,19)20/h14-16,18H,6-13H2,1-5H3. The molecule has 0 spiro atoms. The van der Waals surface area contributed by atoms with E-state index in [2.05, 4.69) is 33.0 Å². The molecule has 1 aliphatic carbocycles. The summed E-state index contributed by atoms with van der Waals surface area (Å²) < 4.78 is 23.5. The van der Waals surface area contributed by atoms with Gasteiger partial charge in [-0.3, -0.25) is 0 Å². The zero-order valence-electron chi connectivity index (χ0n) is 14.6. The summed E-state index contributed by atoms with van der Waals surface area (Å²) in [6.07, 6.45) is 8.90. The SMILES string of the molecule is CCCNC(CCC1CCCC(S(C)(=O)=O)C1)C(C)(C)C. The lowest BCUT2D eigenvalue weighted by molar-refractivity contribution is 0.227. The number of hydrogen-bond acceptors (Lipinski definition) is 3. The van der Waals surface area contributed by atoms with Crippen LogP contribution in [0.5, 0.6) is 0 Å². The lowest BCUT2D eigenvalue weighted by Crippen LogP contribution is -2.41. The predicted octanol–water partition coefficient (Wildman–Crippen LogP) is 3.78. The van der Waals surface area contributed by atoms with Gasteiger partial charge in [0, 0.05) is 12.3 Å². The summed E-state index contributed by atoms with van der Waals surface area (Å²) in [5.74, 6) is 0.590. The Morgan fingerprint density at radius 2 is 1.90 bits per heavy atom. The van der Waals surface area contributed by atoms with E-state index in [1.807, 2.05) is 0 Å². The third kappa shape index (κ3) is 6.68. The van der Waals surface area contributed by atoms with Crippen molar-refractivity contribution in [3.8, 4) is 0 Å². The van der Waals surface area contributed by atoms with Gasteiger partial charge in [-0.1, -0.05) is 40.5 Å². The average Bonchev–Trinajstić information content (AvgIpc) is 2.36. The lowest BCUT2D eigenvalue weighted by Gasteiger charge is -2.34. The zero-order valence-corrected chi connectivity index (χ0v) is 15.4. The highest BCUT2D eigenvalue weighted by Gasteiger charge is 2.30. The van der Waals surface area contributed by atoms with Crippen molar-refractivity contribution in [1.29, 1.82) is 0 Å². The lowest BCUT2D eigenvalue weighted by atomic mass is 9.79. The number of nitrogens with one attached hydrogen (secondary N) is 1. The van der Waals surface area contributed by atoms with Gasteiger partial charge in [-0.25, -0.2) is 8.42 Å². The highest BCUT2D eigenvalue weighted by molar-refractivity contribution is 7.91. The summed E-state index contributed by atoms with van der Waals surface area (Å²) in [6, 6.07) is 0.524. The largest absolute Gasteiger partial charge is 0.313 e. The van der Waals surface area contributed by atoms with Crippen molar-refractivity contribution in [1.82, 2.24) is 5.32 Å². The van der Waals surface area contributed by atoms with Gasteiger partial charge < -0.3 is 5.32 Å². The van der Waals surface area contributed by atoms with E-state index >= 15 is 0 Å². The Balaban J connectivity index is 2.51. The topological polar surface area (TPSA) is 46.2 Å². The molecule has 0 saturated heterocycles. The molecule has 0 aliphatic heterocycles. The minimum atomic E-state index is -2.86. The second-order valence-electron chi connectivity index (χ2n) is 7.93. The molecule has 0 radical (unpaired) electrons. The fourth-order valence-electron chi connectivity index (χ4n) is 3.45. The molecule has 1 N–H and O–H groups in total. The van der Waals surface area contributed by atoms with Crippen LogP contribution in [0, 0.1) is 11.3 Å². The van der Waals surface area contributed by atoms with E-state index < -0.39 is 9.84 Å². The van der Waals surface area contributed by atoms with E-state index in [4.69, 9.17) is 0 Å². The van der Waals surface area contributed by atoms with Gasteiger partial charge in [-0.15, -0.1) is 0 Å². The monoisotopic (exact) mass is 317 g/mol. The summed E-state index contributed by atoms with van der Waals surface area (Å²) >= 11 is 0. The van der Waals surface area contributed by atoms with Crippen molar-refractivity contribution in [3.05, 3.63) is 0 Å². The molecule has 0 aromatic heterocycles. The molecule has 1 fully saturated rings. The summed E-state index contributed by atoms with van der Waals surface area (Å²) in [5, 5.41) is 3.58. The molecule has 3 nitrogen and oxygen atoms in total. The van der Waals surface area contributed by atoms with Crippen molar-refractivity contribution >= 4 is 9.84 Å². The summed E-state index contributed by atoms with van der Waals surface area (Å²) in [6.45, 7) is 10.1. The minimum absolute atomic E-state index is 0.0899. The van der Waals surface area contributed by atoms with Crippen LogP contribution in [0.2, 0.25) is 0 Å². The van der Waals surface area contributed by atoms with Crippen LogP contribution >= 0.6 is 0 Å². The van der Waals surface area contributed by atoms with Gasteiger partial charge in [0.2, 0.25) is 0 Å². The predicted molar refractivity (Wildman–Crippen MR) is 91.4 cm³/mol. The molecule has 1 rings (SSSR count). The molecule has 0 heterocycles. The fraction of sp³-hybridized carbons (Fsp3) is 1.00. The summed E-state index contributed by atoms with van der Waals surface area (Å²) in [4.78, 5) is 0. The quantitative estimate of drug-likeness (QED) is 0.777. The average molecular weight is 318 g/mol. The van der Waals surface area contributed by atoms with Gasteiger partial charge in [-0.2, -0.15) is 0 Å². The van der Waals surface area contributed by atoms with Gasteiger partial charge >= 0.3 is 0 Å². The maximum atomic E-state index is 11.8. The Hall–Kier alpha value is -0.0900. The van der Waals surface area contributed by atoms with Gasteiger partial charge in [0.05, 0.1) is 5.25 Å². The Bertz CT molecular complexity index is 398. The van der Waals surface area contributed by atoms with E-state index in [-0.39, 0.29) is 10.7 Å². The molecule has 3 atom stereocenters. The number of rotatable bonds is 7. The van der Waals surface area contributed by atoms with Gasteiger partial charge in [0.15, 0.2) is 0 Å². The maximum absolute atomic E-state index is 11.8. The fourth-order valence-corrected chi connectivity index (χ4v) is 4.67. The van der Waals surface area contributed by atoms with Crippen molar-refractivity contribution in [3.63, 3.8) is 0 Å². The minimum Gasteiger partial charge on any atom is -0.313 e. The van der Waals surface area contributed by atoms with Gasteiger partial charge in [0.25, 0.3) is 0 Å². The van der Waals surface area contributed by atoms with Crippen LogP contribution in [0.3, 0.4) is 0 Å². The molecule has 0 aromatic carbocycles. The van der Waals surface area contributed by atoms with Gasteiger partial charge in [0.1, 0.15) is 9.84 Å². The Labute approximate surface area is 132 Å². The summed E-state index contributed by atoms with van der Waals surface area (Å²) in [7, 11) is -2.86. The molecule has 0 amide bonds. The van der Waals surface area contributed by atoms with E-state index in [0.717, 1.165) is 45.1 Å². The van der Waals surface area contributed by atoms with E-state index in [9.17, 15) is 8.42 Å². The molecule has 126 valence electrons. The van der Waals surface area contributed by atoms with Gasteiger partial charge in [-0.05, 0) is 50.0 Å². The normalized spacial score (nSPS) is 25.8. The summed E-state index contributed by atoms with van der Waals surface area (Å²) in [5.41, 5.74) is 0.264. The van der Waals surface area contributed by atoms with Crippen LogP contribution in [-0.4, -0.2) is 32.5 Å². The first-order chi connectivity index (χ1) is 9.64. The Kier molecular flexibility index (Phi) is 7.18. The molecule has 3 unspecified atom stereocenters. The van der Waals surface area contributed by atoms with Crippen LogP contribution in [0.1, 0.15) is 72.6 Å². The van der Waals surface area contributed by atoms with E-state index in [1.165, 1.54) is 12.7 Å². The van der Waals surface area contributed by atoms with Crippen molar-refractivity contribution < 1.29 is 8.42 Å². The molecule has 4 heteroatoms. The van der Waals surface area contributed by atoms with Crippen molar-refractivity contribution in [2.75, 3.05) is 12.8 Å². The molecular weight excluding hydrogens is 282 g/mol. The first-order valence-corrected chi connectivity index (χ1v) is 10.5. The molecule has 0 aromatic rings. The maximum Gasteiger partial charge on any atom is 0.150 e. The first-order valence-electron chi connectivity index (χ1n) is 8.56. The van der Waals surface area contributed by atoms with Crippen LogP contribution in [-0.2, 0) is 9.84 Å². The Morgan fingerprint density at radius 3 is 2.43 bits per heavy atom. The third-order valence-electron chi connectivity index (χ3n) is 4.89. The molecule has 1 aliphatic rings. The third-order valence-corrected chi connectivity index (χ3v) is 6.53. The van der Waals surface area contributed by atoms with Crippen LogP contribution in [0.25, 0.3) is 0 Å². The second-order valence-corrected chi connectivity index (χ2v) is 10.3. The molecule has 0 bridgehead atoms. The molecular formula is C17H35NO2S. The zero-order chi connectivity index (χ0) is 16.1. The second kappa shape index (κ2) is 7.96. The van der Waals surface area contributed by atoms with Crippen LogP contribution in [0.4, 0.5) is 0 Å². The van der Waals surface area contributed by atoms with E-state index in [1.54, 1.807) is 0 Å². The van der Waals surface area contributed by atoms with E-state index in [0.29, 0.717) is 12.0 Å². The highest BCUT2D eigenvalue weighted by atomic mass is 32.2. The highest BCUT2D eigenvalue weighted by Crippen LogP contribution is 2.33. The van der Waals surface area contributed by atoms with Crippen LogP contribution < -0.4 is 5.32 Å². The molecule has 1 saturated carbocycles. The Morgan fingerprint density at radius 1 is 1.24 bits per heavy atom. The number of hydrogen-bond donors (Lipinski definition) is 1. The van der Waals surface area contributed by atoms with Crippen molar-refractivity contribution in [2.45, 2.75) is 83.9 Å². The smallest absolute Gasteiger partial charge is 0.150 e. The van der Waals surface area contributed by atoms with Crippen molar-refractivity contribution in [2.24, 2.45) is 11.3 Å². The number of sulfone groups is 1. The molecule has 21 heavy (non-hydrogen) atoms. The first kappa shape index (κ1) is 19.0.